The molecule has 2 atom stereocenters. The van der Waals surface area contributed by atoms with E-state index in [0.29, 0.717) is 0 Å². The van der Waals surface area contributed by atoms with Crippen LogP contribution in [0.1, 0.15) is 18.5 Å². The Bertz CT molecular complexity index is 380. The molecule has 0 spiro atoms. The third-order valence-corrected chi connectivity index (χ3v) is 3.57. The molecule has 19 heavy (non-hydrogen) atoms. The standard InChI is InChI=1S/C15H24N2O2/c1-4-16-15(14-11-17(2)9-10-19-14)12-5-7-13(18-3)8-6-12/h5-8,14-16H,4,9-11H2,1-3H3. The Kier molecular flexibility index (Phi) is 5.19. The van der Waals surface area contributed by atoms with Crippen LogP contribution in [0, 0.1) is 0 Å². The molecule has 1 fully saturated rings. The van der Waals surface area contributed by atoms with E-state index in [-0.39, 0.29) is 12.1 Å². The first-order valence-electron chi connectivity index (χ1n) is 6.92. The number of methoxy groups -OCH3 is 1. The van der Waals surface area contributed by atoms with Crippen molar-refractivity contribution in [3.05, 3.63) is 29.8 Å². The van der Waals surface area contributed by atoms with Gasteiger partial charge in [0.15, 0.2) is 0 Å². The molecule has 4 nitrogen and oxygen atoms in total. The Balaban J connectivity index is 2.13. The van der Waals surface area contributed by atoms with E-state index in [9.17, 15) is 0 Å². The molecule has 1 heterocycles. The summed E-state index contributed by atoms with van der Waals surface area (Å²) in [5.41, 5.74) is 1.25. The van der Waals surface area contributed by atoms with Crippen molar-refractivity contribution < 1.29 is 9.47 Å². The van der Waals surface area contributed by atoms with Crippen LogP contribution in [0.3, 0.4) is 0 Å². The lowest BCUT2D eigenvalue weighted by molar-refractivity contribution is -0.0390. The Morgan fingerprint density at radius 3 is 2.74 bits per heavy atom. The highest BCUT2D eigenvalue weighted by Crippen LogP contribution is 2.24. The maximum atomic E-state index is 5.94. The summed E-state index contributed by atoms with van der Waals surface area (Å²) < 4.78 is 11.2. The molecule has 1 saturated heterocycles. The summed E-state index contributed by atoms with van der Waals surface area (Å²) in [5.74, 6) is 0.890. The lowest BCUT2D eigenvalue weighted by Gasteiger charge is -2.35. The molecule has 1 aromatic carbocycles. The third-order valence-electron chi connectivity index (χ3n) is 3.57. The fraction of sp³-hybridized carbons (Fsp3) is 0.600. The molecule has 1 aliphatic rings. The van der Waals surface area contributed by atoms with Crippen molar-refractivity contribution >= 4 is 0 Å². The molecule has 0 aromatic heterocycles. The Hall–Kier alpha value is -1.10. The van der Waals surface area contributed by atoms with Crippen LogP contribution in [0.25, 0.3) is 0 Å². The minimum Gasteiger partial charge on any atom is -0.497 e. The lowest BCUT2D eigenvalue weighted by Crippen LogP contribution is -2.46. The minimum absolute atomic E-state index is 0.201. The number of morpholine rings is 1. The van der Waals surface area contributed by atoms with Gasteiger partial charge in [-0.1, -0.05) is 19.1 Å². The highest BCUT2D eigenvalue weighted by molar-refractivity contribution is 5.29. The zero-order valence-electron chi connectivity index (χ0n) is 12.1. The predicted molar refractivity (Wildman–Crippen MR) is 76.6 cm³/mol. The normalized spacial score (nSPS) is 22.2. The average molecular weight is 264 g/mol. The van der Waals surface area contributed by atoms with Gasteiger partial charge in [-0.15, -0.1) is 0 Å². The van der Waals surface area contributed by atoms with E-state index in [1.807, 2.05) is 12.1 Å². The van der Waals surface area contributed by atoms with Crippen LogP contribution < -0.4 is 10.1 Å². The van der Waals surface area contributed by atoms with Gasteiger partial charge in [0.25, 0.3) is 0 Å². The largest absolute Gasteiger partial charge is 0.497 e. The molecule has 1 aliphatic heterocycles. The van der Waals surface area contributed by atoms with Crippen LogP contribution in [0.2, 0.25) is 0 Å². The molecular formula is C15H24N2O2. The van der Waals surface area contributed by atoms with Crippen LogP contribution >= 0.6 is 0 Å². The summed E-state index contributed by atoms with van der Waals surface area (Å²) >= 11 is 0. The van der Waals surface area contributed by atoms with Crippen molar-refractivity contribution in [3.63, 3.8) is 0 Å². The summed E-state index contributed by atoms with van der Waals surface area (Å²) in [5, 5.41) is 3.53. The molecule has 0 bridgehead atoms. The summed E-state index contributed by atoms with van der Waals surface area (Å²) in [7, 11) is 3.84. The molecule has 0 aliphatic carbocycles. The molecule has 1 N–H and O–H groups in total. The van der Waals surface area contributed by atoms with Gasteiger partial charge in [0, 0.05) is 13.1 Å². The van der Waals surface area contributed by atoms with E-state index >= 15 is 0 Å². The second kappa shape index (κ2) is 6.89. The maximum Gasteiger partial charge on any atom is 0.118 e. The molecule has 2 unspecified atom stereocenters. The first-order valence-corrected chi connectivity index (χ1v) is 6.92. The second-order valence-electron chi connectivity index (χ2n) is 4.98. The van der Waals surface area contributed by atoms with E-state index in [4.69, 9.17) is 9.47 Å². The number of rotatable bonds is 5. The van der Waals surface area contributed by atoms with Crippen molar-refractivity contribution in [1.82, 2.24) is 10.2 Å². The lowest BCUT2D eigenvalue weighted by atomic mass is 10.00. The number of hydrogen-bond acceptors (Lipinski definition) is 4. The molecule has 1 aromatic rings. The van der Waals surface area contributed by atoms with Gasteiger partial charge in [0.1, 0.15) is 5.75 Å². The van der Waals surface area contributed by atoms with Gasteiger partial charge in [0.05, 0.1) is 25.9 Å². The number of ether oxygens (including phenoxy) is 2. The first-order chi connectivity index (χ1) is 9.24. The number of nitrogens with one attached hydrogen (secondary N) is 1. The zero-order chi connectivity index (χ0) is 13.7. The Labute approximate surface area is 115 Å². The van der Waals surface area contributed by atoms with Crippen molar-refractivity contribution in [1.29, 1.82) is 0 Å². The third kappa shape index (κ3) is 3.69. The first kappa shape index (κ1) is 14.3. The van der Waals surface area contributed by atoms with Crippen molar-refractivity contribution in [2.24, 2.45) is 0 Å². The number of likely N-dealkylation sites (N-methyl/N-ethyl adjacent to an activating group) is 2. The van der Waals surface area contributed by atoms with Gasteiger partial charge in [-0.2, -0.15) is 0 Å². The van der Waals surface area contributed by atoms with E-state index in [0.717, 1.165) is 32.0 Å². The number of nitrogens with zero attached hydrogens (tertiary/aromatic N) is 1. The van der Waals surface area contributed by atoms with Crippen molar-refractivity contribution in [2.75, 3.05) is 40.4 Å². The van der Waals surface area contributed by atoms with E-state index < -0.39 is 0 Å². The Morgan fingerprint density at radius 2 is 2.16 bits per heavy atom. The predicted octanol–water partition coefficient (Wildman–Crippen LogP) is 1.68. The molecular weight excluding hydrogens is 240 g/mol. The molecule has 2 rings (SSSR count). The van der Waals surface area contributed by atoms with Crippen molar-refractivity contribution in [2.45, 2.75) is 19.1 Å². The average Bonchev–Trinajstić information content (AvgIpc) is 2.45. The monoisotopic (exact) mass is 264 g/mol. The molecule has 0 saturated carbocycles. The second-order valence-corrected chi connectivity index (χ2v) is 4.98. The zero-order valence-corrected chi connectivity index (χ0v) is 12.1. The van der Waals surface area contributed by atoms with E-state index in [1.54, 1.807) is 7.11 Å². The van der Waals surface area contributed by atoms with Gasteiger partial charge in [0.2, 0.25) is 0 Å². The van der Waals surface area contributed by atoms with Crippen LogP contribution in [0.5, 0.6) is 5.75 Å². The topological polar surface area (TPSA) is 33.7 Å². The number of benzene rings is 1. The Morgan fingerprint density at radius 1 is 1.42 bits per heavy atom. The van der Waals surface area contributed by atoms with Gasteiger partial charge in [-0.25, -0.2) is 0 Å². The van der Waals surface area contributed by atoms with Crippen LogP contribution in [-0.2, 0) is 4.74 Å². The molecule has 4 heteroatoms. The quantitative estimate of drug-likeness (QED) is 0.877. The molecule has 106 valence electrons. The SMILES string of the molecule is CCNC(c1ccc(OC)cc1)C1CN(C)CCO1. The van der Waals surface area contributed by atoms with Gasteiger partial charge < -0.3 is 19.7 Å². The fourth-order valence-electron chi connectivity index (χ4n) is 2.51. The smallest absolute Gasteiger partial charge is 0.118 e. The van der Waals surface area contributed by atoms with Crippen LogP contribution in [0.4, 0.5) is 0 Å². The number of hydrogen-bond donors (Lipinski definition) is 1. The summed E-state index contributed by atoms with van der Waals surface area (Å²) in [4.78, 5) is 2.32. The van der Waals surface area contributed by atoms with Crippen molar-refractivity contribution in [3.8, 4) is 5.75 Å². The van der Waals surface area contributed by atoms with E-state index in [1.165, 1.54) is 5.56 Å². The van der Waals surface area contributed by atoms with Gasteiger partial charge in [-0.05, 0) is 31.3 Å². The highest BCUT2D eigenvalue weighted by Gasteiger charge is 2.27. The van der Waals surface area contributed by atoms with E-state index in [2.05, 4.69) is 36.3 Å². The maximum absolute atomic E-state index is 5.94. The minimum atomic E-state index is 0.201. The highest BCUT2D eigenvalue weighted by atomic mass is 16.5. The van der Waals surface area contributed by atoms with Gasteiger partial charge >= 0.3 is 0 Å². The summed E-state index contributed by atoms with van der Waals surface area (Å²) in [6.45, 7) is 5.84. The molecule has 0 amide bonds. The van der Waals surface area contributed by atoms with Crippen LogP contribution in [-0.4, -0.2) is 51.4 Å². The summed E-state index contributed by atoms with van der Waals surface area (Å²) in [6.07, 6.45) is 0.201. The molecule has 0 radical (unpaired) electrons. The summed E-state index contributed by atoms with van der Waals surface area (Å²) in [6, 6.07) is 8.48. The fourth-order valence-corrected chi connectivity index (χ4v) is 2.51. The van der Waals surface area contributed by atoms with Gasteiger partial charge in [-0.3, -0.25) is 0 Å². The van der Waals surface area contributed by atoms with Crippen LogP contribution in [0.15, 0.2) is 24.3 Å².